The molecule has 0 aliphatic carbocycles. The number of fused-ring (bicyclic) bond motifs is 2. The van der Waals surface area contributed by atoms with E-state index in [2.05, 4.69) is 5.32 Å². The van der Waals surface area contributed by atoms with E-state index in [4.69, 9.17) is 16.3 Å². The number of ether oxygens (including phenoxy) is 1. The molecule has 39 heavy (non-hydrogen) atoms. The van der Waals surface area contributed by atoms with Crippen LogP contribution in [0.4, 0.5) is 10.5 Å². The average molecular weight is 566 g/mol. The van der Waals surface area contributed by atoms with Gasteiger partial charge in [-0.15, -0.1) is 0 Å². The van der Waals surface area contributed by atoms with Crippen LogP contribution in [-0.4, -0.2) is 52.8 Å². The molecule has 1 N–H and O–H groups in total. The molecule has 2 aliphatic rings. The third-order valence-corrected chi connectivity index (χ3v) is 8.60. The second-order valence-corrected chi connectivity index (χ2v) is 11.3. The molecule has 10 heteroatoms. The number of piperidine rings is 1. The maximum absolute atomic E-state index is 13.8. The van der Waals surface area contributed by atoms with Gasteiger partial charge in [0.25, 0.3) is 11.8 Å². The van der Waals surface area contributed by atoms with Crippen molar-refractivity contribution in [2.45, 2.75) is 42.1 Å². The van der Waals surface area contributed by atoms with Crippen LogP contribution in [0.2, 0.25) is 5.02 Å². The molecular weight excluding hydrogens is 538 g/mol. The van der Waals surface area contributed by atoms with Crippen LogP contribution >= 0.6 is 11.6 Å². The Labute approximate surface area is 234 Å². The van der Waals surface area contributed by atoms with E-state index >= 15 is 0 Å². The summed E-state index contributed by atoms with van der Waals surface area (Å²) >= 11 is 6.20. The van der Waals surface area contributed by atoms with Crippen molar-refractivity contribution in [2.24, 2.45) is 0 Å². The molecule has 3 amide bonds. The summed E-state index contributed by atoms with van der Waals surface area (Å²) in [6, 6.07) is 18.9. The minimum atomic E-state index is -1.62. The van der Waals surface area contributed by atoms with Gasteiger partial charge in [-0.2, -0.15) is 0 Å². The van der Waals surface area contributed by atoms with Gasteiger partial charge in [-0.1, -0.05) is 35.9 Å². The first-order chi connectivity index (χ1) is 18.9. The number of halogens is 1. The van der Waals surface area contributed by atoms with Gasteiger partial charge in [-0.25, -0.2) is 9.00 Å². The Morgan fingerprint density at radius 3 is 2.54 bits per heavy atom. The van der Waals surface area contributed by atoms with Crippen molar-refractivity contribution >= 4 is 46.0 Å². The molecule has 0 spiro atoms. The lowest BCUT2D eigenvalue weighted by molar-refractivity contribution is 0.0858. The molecule has 0 unspecified atom stereocenters. The highest BCUT2D eigenvalue weighted by Crippen LogP contribution is 2.36. The van der Waals surface area contributed by atoms with Gasteiger partial charge in [-0.3, -0.25) is 9.59 Å². The van der Waals surface area contributed by atoms with Gasteiger partial charge in [0.05, 0.1) is 45.0 Å². The molecule has 3 aromatic carbocycles. The highest BCUT2D eigenvalue weighted by molar-refractivity contribution is 7.85. The third kappa shape index (κ3) is 5.69. The van der Waals surface area contributed by atoms with Crippen molar-refractivity contribution in [2.75, 3.05) is 24.6 Å². The molecule has 8 nitrogen and oxygen atoms in total. The Morgan fingerprint density at radius 1 is 1.03 bits per heavy atom. The van der Waals surface area contributed by atoms with Crippen LogP contribution in [-0.2, 0) is 22.1 Å². The number of nitrogens with zero attached hydrogens (tertiary/aromatic N) is 2. The van der Waals surface area contributed by atoms with Gasteiger partial charge in [0.1, 0.15) is 0 Å². The van der Waals surface area contributed by atoms with E-state index in [1.165, 1.54) is 0 Å². The third-order valence-electron chi connectivity index (χ3n) is 6.86. The first-order valence-corrected chi connectivity index (χ1v) is 14.3. The first-order valence-electron chi connectivity index (χ1n) is 12.8. The average Bonchev–Trinajstić information content (AvgIpc) is 3.03. The van der Waals surface area contributed by atoms with E-state index in [1.807, 2.05) is 12.1 Å². The number of benzene rings is 3. The predicted molar refractivity (Wildman–Crippen MR) is 149 cm³/mol. The summed E-state index contributed by atoms with van der Waals surface area (Å²) in [6.45, 7) is 3.26. The van der Waals surface area contributed by atoms with Crippen molar-refractivity contribution in [3.8, 4) is 0 Å². The Hall–Kier alpha value is -3.69. The SMILES string of the molecule is CCOC(=O)N1CCC(NC(=O)c2ccc3c(c2)N(Cc2cccc(Cl)c2)C(=O)c2ccccc2[S@]3=O)CC1. The van der Waals surface area contributed by atoms with Crippen molar-refractivity contribution in [1.29, 1.82) is 0 Å². The van der Waals surface area contributed by atoms with Gasteiger partial charge >= 0.3 is 6.09 Å². The zero-order chi connectivity index (χ0) is 27.5. The Morgan fingerprint density at radius 2 is 1.79 bits per heavy atom. The number of carbonyl (C=O) groups is 3. The number of hydrogen-bond donors (Lipinski definition) is 1. The quantitative estimate of drug-likeness (QED) is 0.469. The van der Waals surface area contributed by atoms with Gasteiger partial charge < -0.3 is 19.9 Å². The Bertz CT molecular complexity index is 1450. The fourth-order valence-corrected chi connectivity index (χ4v) is 6.43. The van der Waals surface area contributed by atoms with E-state index in [0.717, 1.165) is 5.56 Å². The molecule has 1 saturated heterocycles. The topological polar surface area (TPSA) is 96.0 Å². The Kier molecular flexibility index (Phi) is 7.99. The van der Waals surface area contributed by atoms with Crippen molar-refractivity contribution in [1.82, 2.24) is 10.2 Å². The fourth-order valence-electron chi connectivity index (χ4n) is 4.87. The van der Waals surface area contributed by atoms with Gasteiger partial charge in [0.15, 0.2) is 0 Å². The molecule has 0 aromatic heterocycles. The summed E-state index contributed by atoms with van der Waals surface area (Å²) in [4.78, 5) is 43.1. The zero-order valence-electron chi connectivity index (χ0n) is 21.4. The van der Waals surface area contributed by atoms with E-state index in [9.17, 15) is 18.6 Å². The maximum atomic E-state index is 13.8. The monoisotopic (exact) mass is 565 g/mol. The summed E-state index contributed by atoms with van der Waals surface area (Å²) in [5.74, 6) is -0.600. The fraction of sp³-hybridized carbons (Fsp3) is 0.276. The summed E-state index contributed by atoms with van der Waals surface area (Å²) in [6.07, 6.45) is 0.869. The highest BCUT2D eigenvalue weighted by Gasteiger charge is 2.32. The normalized spacial score (nSPS) is 17.2. The van der Waals surface area contributed by atoms with Gasteiger partial charge in [0.2, 0.25) is 0 Å². The number of likely N-dealkylation sites (tertiary alicyclic amines) is 1. The van der Waals surface area contributed by atoms with Crippen molar-refractivity contribution < 1.29 is 23.3 Å². The molecule has 2 aliphatic heterocycles. The zero-order valence-corrected chi connectivity index (χ0v) is 23.0. The van der Waals surface area contributed by atoms with Gasteiger partial charge in [-0.05, 0) is 67.8 Å². The molecule has 0 radical (unpaired) electrons. The number of carbonyl (C=O) groups excluding carboxylic acids is 3. The number of rotatable bonds is 5. The van der Waals surface area contributed by atoms with Crippen LogP contribution in [0.1, 0.15) is 46.0 Å². The minimum Gasteiger partial charge on any atom is -0.450 e. The largest absolute Gasteiger partial charge is 0.450 e. The smallest absolute Gasteiger partial charge is 0.409 e. The lowest BCUT2D eigenvalue weighted by atomic mass is 10.0. The van der Waals surface area contributed by atoms with E-state index < -0.39 is 10.8 Å². The molecule has 0 saturated carbocycles. The molecular formula is C29H28ClN3O5S. The maximum Gasteiger partial charge on any atom is 0.409 e. The summed E-state index contributed by atoms with van der Waals surface area (Å²) in [5.41, 5.74) is 1.93. The summed E-state index contributed by atoms with van der Waals surface area (Å²) in [7, 11) is -1.62. The predicted octanol–water partition coefficient (Wildman–Crippen LogP) is 5.02. The van der Waals surface area contributed by atoms with E-state index in [1.54, 1.807) is 71.3 Å². The number of anilines is 1. The second-order valence-electron chi connectivity index (χ2n) is 9.40. The van der Waals surface area contributed by atoms with Crippen LogP contribution < -0.4 is 10.2 Å². The highest BCUT2D eigenvalue weighted by atomic mass is 35.5. The van der Waals surface area contributed by atoms with Crippen LogP contribution in [0.15, 0.2) is 76.5 Å². The molecule has 202 valence electrons. The van der Waals surface area contributed by atoms with Crippen LogP contribution in [0.5, 0.6) is 0 Å². The van der Waals surface area contributed by atoms with Crippen LogP contribution in [0, 0.1) is 0 Å². The molecule has 5 rings (SSSR count). The summed E-state index contributed by atoms with van der Waals surface area (Å²) < 4.78 is 18.7. The van der Waals surface area contributed by atoms with Crippen molar-refractivity contribution in [3.63, 3.8) is 0 Å². The number of hydrogen-bond acceptors (Lipinski definition) is 5. The summed E-state index contributed by atoms with van der Waals surface area (Å²) in [5, 5.41) is 3.59. The molecule has 0 bridgehead atoms. The second kappa shape index (κ2) is 11.6. The first kappa shape index (κ1) is 26.9. The lowest BCUT2D eigenvalue weighted by Crippen LogP contribution is -2.46. The van der Waals surface area contributed by atoms with E-state index in [-0.39, 0.29) is 30.5 Å². The van der Waals surface area contributed by atoms with Crippen LogP contribution in [0.25, 0.3) is 0 Å². The Balaban J connectivity index is 1.43. The molecule has 3 aromatic rings. The molecule has 1 fully saturated rings. The van der Waals surface area contributed by atoms with Crippen molar-refractivity contribution in [3.05, 3.63) is 88.4 Å². The molecule has 1 atom stereocenters. The number of nitrogens with one attached hydrogen (secondary N) is 1. The molecule has 2 heterocycles. The number of amides is 3. The van der Waals surface area contributed by atoms with Crippen LogP contribution in [0.3, 0.4) is 0 Å². The van der Waals surface area contributed by atoms with Gasteiger partial charge in [0, 0.05) is 29.7 Å². The minimum absolute atomic E-state index is 0.107. The standard InChI is InChI=1S/C29H28ClN3O5S/c1-2-38-29(36)32-14-12-22(13-15-32)31-27(34)20-10-11-26-24(17-20)33(18-19-6-5-7-21(30)16-19)28(35)23-8-3-4-9-25(23)39(26)37/h3-11,16-17,22H,2,12-15,18H2,1H3,(H,31,34)/t39-/m1/s1. The lowest BCUT2D eigenvalue weighted by Gasteiger charge is -2.31. The van der Waals surface area contributed by atoms with E-state index in [0.29, 0.717) is 64.2 Å².